The third kappa shape index (κ3) is 2.23. The van der Waals surface area contributed by atoms with Crippen molar-refractivity contribution in [1.29, 1.82) is 0 Å². The molecule has 1 aliphatic heterocycles. The second-order valence-electron chi connectivity index (χ2n) is 5.26. The lowest BCUT2D eigenvalue weighted by Gasteiger charge is -2.35. The van der Waals surface area contributed by atoms with Gasteiger partial charge in [-0.15, -0.1) is 0 Å². The Morgan fingerprint density at radius 2 is 2.35 bits per heavy atom. The van der Waals surface area contributed by atoms with Gasteiger partial charge in [0.2, 0.25) is 5.91 Å². The molecule has 2 aromatic rings. The normalized spacial score (nSPS) is 18.8. The van der Waals surface area contributed by atoms with Crippen molar-refractivity contribution in [3.63, 3.8) is 0 Å². The van der Waals surface area contributed by atoms with Crippen LogP contribution in [0.5, 0.6) is 0 Å². The van der Waals surface area contributed by atoms with E-state index in [1.54, 1.807) is 0 Å². The van der Waals surface area contributed by atoms with Gasteiger partial charge in [-0.1, -0.05) is 18.2 Å². The first kappa shape index (κ1) is 12.9. The minimum atomic E-state index is -0.344. The van der Waals surface area contributed by atoms with Gasteiger partial charge in [0.15, 0.2) is 0 Å². The number of carbonyl (C=O) groups is 1. The summed E-state index contributed by atoms with van der Waals surface area (Å²) in [6.07, 6.45) is 2.95. The first-order chi connectivity index (χ1) is 9.66. The molecule has 0 fully saturated rings. The Hall–Kier alpha value is -2.07. The molecule has 1 atom stereocenters. The molecule has 4 heteroatoms. The van der Waals surface area contributed by atoms with Gasteiger partial charge in [-0.05, 0) is 35.7 Å². The average molecular weight is 268 g/mol. The van der Waals surface area contributed by atoms with Crippen molar-refractivity contribution in [2.24, 2.45) is 12.8 Å². The van der Waals surface area contributed by atoms with Gasteiger partial charge >= 0.3 is 0 Å². The van der Waals surface area contributed by atoms with Crippen molar-refractivity contribution < 1.29 is 4.79 Å². The lowest BCUT2D eigenvalue weighted by atomic mass is 9.92. The number of benzene rings is 1. The average Bonchev–Trinajstić information content (AvgIpc) is 2.83. The summed E-state index contributed by atoms with van der Waals surface area (Å²) in [4.78, 5) is 14.1. The summed E-state index contributed by atoms with van der Waals surface area (Å²) < 4.78 is 2.08. The molecule has 0 saturated carbocycles. The molecule has 1 aromatic heterocycles. The quantitative estimate of drug-likeness (QED) is 0.915. The zero-order valence-corrected chi connectivity index (χ0v) is 11.5. The fourth-order valence-corrected chi connectivity index (χ4v) is 2.92. The zero-order valence-electron chi connectivity index (χ0n) is 11.5. The van der Waals surface area contributed by atoms with E-state index in [0.29, 0.717) is 0 Å². The molecule has 0 bridgehead atoms. The summed E-state index contributed by atoms with van der Waals surface area (Å²) in [5, 5.41) is 0. The van der Waals surface area contributed by atoms with Crippen molar-refractivity contribution in [3.05, 3.63) is 59.4 Å². The fraction of sp³-hybridized carbons (Fsp3) is 0.312. The van der Waals surface area contributed by atoms with Crippen LogP contribution in [0.1, 0.15) is 22.9 Å². The number of aryl methyl sites for hydroxylation is 1. The summed E-state index contributed by atoms with van der Waals surface area (Å²) in [6.45, 7) is 1.57. The Labute approximate surface area is 118 Å². The Balaban J connectivity index is 1.92. The van der Waals surface area contributed by atoms with E-state index in [0.717, 1.165) is 25.1 Å². The Morgan fingerprint density at radius 1 is 1.50 bits per heavy atom. The predicted octanol–water partition coefficient (Wildman–Crippen LogP) is 1.41. The van der Waals surface area contributed by atoms with Gasteiger partial charge in [-0.2, -0.15) is 0 Å². The van der Waals surface area contributed by atoms with E-state index in [2.05, 4.69) is 21.6 Å². The summed E-state index contributed by atoms with van der Waals surface area (Å²) in [5.41, 5.74) is 9.03. The number of amides is 1. The largest absolute Gasteiger partial charge is 0.368 e. The van der Waals surface area contributed by atoms with Crippen molar-refractivity contribution in [3.8, 4) is 0 Å². The zero-order chi connectivity index (χ0) is 14.1. The molecule has 2 N–H and O–H groups in total. The van der Waals surface area contributed by atoms with E-state index in [1.165, 1.54) is 11.3 Å². The number of primary amides is 1. The molecule has 3 rings (SSSR count). The topological polar surface area (TPSA) is 51.3 Å². The third-order valence-corrected chi connectivity index (χ3v) is 4.00. The van der Waals surface area contributed by atoms with E-state index < -0.39 is 0 Å². The Bertz CT molecular complexity index is 632. The molecule has 0 saturated heterocycles. The highest BCUT2D eigenvalue weighted by Crippen LogP contribution is 2.30. The minimum Gasteiger partial charge on any atom is -0.368 e. The fourth-order valence-electron chi connectivity index (χ4n) is 2.92. The minimum absolute atomic E-state index is 0.286. The van der Waals surface area contributed by atoms with Crippen molar-refractivity contribution in [2.45, 2.75) is 19.0 Å². The van der Waals surface area contributed by atoms with E-state index >= 15 is 0 Å². The molecule has 0 aliphatic carbocycles. The Kier molecular flexibility index (Phi) is 3.32. The van der Waals surface area contributed by atoms with E-state index in [4.69, 9.17) is 5.73 Å². The maximum absolute atomic E-state index is 11.9. The van der Waals surface area contributed by atoms with Crippen LogP contribution >= 0.6 is 0 Å². The Morgan fingerprint density at radius 3 is 3.05 bits per heavy atom. The number of aromatic nitrogens is 1. The van der Waals surface area contributed by atoms with Crippen LogP contribution in [0.3, 0.4) is 0 Å². The number of nitrogens with zero attached hydrogens (tertiary/aromatic N) is 2. The number of hydrogen-bond acceptors (Lipinski definition) is 2. The van der Waals surface area contributed by atoms with Crippen LogP contribution in [-0.2, 0) is 24.8 Å². The van der Waals surface area contributed by atoms with Crippen LogP contribution in [0.4, 0.5) is 0 Å². The smallest absolute Gasteiger partial charge is 0.239 e. The van der Waals surface area contributed by atoms with Crippen LogP contribution < -0.4 is 5.73 Å². The van der Waals surface area contributed by atoms with Gasteiger partial charge in [0.25, 0.3) is 0 Å². The van der Waals surface area contributed by atoms with Gasteiger partial charge in [-0.3, -0.25) is 9.69 Å². The molecule has 4 nitrogen and oxygen atoms in total. The number of carbonyl (C=O) groups excluding carboxylic acids is 1. The SMILES string of the molecule is Cn1cccc1CN1CCc2c[c]ccc2C1C(N)=O. The van der Waals surface area contributed by atoms with Crippen molar-refractivity contribution in [1.82, 2.24) is 9.47 Å². The van der Waals surface area contributed by atoms with Gasteiger partial charge in [0.1, 0.15) is 6.04 Å². The highest BCUT2D eigenvalue weighted by Gasteiger charge is 2.31. The summed E-state index contributed by atoms with van der Waals surface area (Å²) >= 11 is 0. The van der Waals surface area contributed by atoms with Crippen LogP contribution in [-0.4, -0.2) is 21.9 Å². The highest BCUT2D eigenvalue weighted by atomic mass is 16.1. The molecule has 103 valence electrons. The molecule has 1 aromatic carbocycles. The molecular weight excluding hydrogens is 250 g/mol. The van der Waals surface area contributed by atoms with Crippen molar-refractivity contribution in [2.75, 3.05) is 6.54 Å². The van der Waals surface area contributed by atoms with Gasteiger partial charge in [0, 0.05) is 32.0 Å². The van der Waals surface area contributed by atoms with E-state index in [-0.39, 0.29) is 11.9 Å². The second-order valence-corrected chi connectivity index (χ2v) is 5.26. The summed E-state index contributed by atoms with van der Waals surface area (Å²) in [7, 11) is 2.02. The highest BCUT2D eigenvalue weighted by molar-refractivity contribution is 5.82. The lowest BCUT2D eigenvalue weighted by Crippen LogP contribution is -2.42. The van der Waals surface area contributed by atoms with Gasteiger partial charge < -0.3 is 10.3 Å². The molecule has 1 amide bonds. The van der Waals surface area contributed by atoms with Gasteiger partial charge in [0.05, 0.1) is 0 Å². The first-order valence-corrected chi connectivity index (χ1v) is 6.79. The maximum atomic E-state index is 11.9. The van der Waals surface area contributed by atoms with Crippen LogP contribution in [0, 0.1) is 6.07 Å². The lowest BCUT2D eigenvalue weighted by molar-refractivity contribution is -0.124. The number of nitrogens with two attached hydrogens (primary N) is 1. The van der Waals surface area contributed by atoms with Crippen molar-refractivity contribution >= 4 is 5.91 Å². The van der Waals surface area contributed by atoms with E-state index in [1.807, 2.05) is 37.5 Å². The van der Waals surface area contributed by atoms with Crippen LogP contribution in [0.25, 0.3) is 0 Å². The molecule has 1 unspecified atom stereocenters. The third-order valence-electron chi connectivity index (χ3n) is 4.00. The summed E-state index contributed by atoms with van der Waals surface area (Å²) in [6, 6.07) is 12.6. The van der Waals surface area contributed by atoms with Gasteiger partial charge in [-0.25, -0.2) is 0 Å². The molecule has 20 heavy (non-hydrogen) atoms. The monoisotopic (exact) mass is 268 g/mol. The standard InChI is InChI=1S/C16H18N3O/c1-18-9-4-6-13(18)11-19-10-8-12-5-2-3-7-14(12)15(19)16(17)20/h3-7,9,15H,8,10-11H2,1H3,(H2,17,20). The predicted molar refractivity (Wildman–Crippen MR) is 76.7 cm³/mol. The molecule has 1 aliphatic rings. The maximum Gasteiger partial charge on any atom is 0.239 e. The molecular formula is C16H18N3O. The number of hydrogen-bond donors (Lipinski definition) is 1. The first-order valence-electron chi connectivity index (χ1n) is 6.79. The number of rotatable bonds is 3. The second kappa shape index (κ2) is 5.13. The summed E-state index contributed by atoms with van der Waals surface area (Å²) in [5.74, 6) is -0.286. The van der Waals surface area contributed by atoms with Crippen LogP contribution in [0.2, 0.25) is 0 Å². The van der Waals surface area contributed by atoms with Crippen LogP contribution in [0.15, 0.2) is 36.5 Å². The number of fused-ring (bicyclic) bond motifs is 1. The molecule has 1 radical (unpaired) electrons. The van der Waals surface area contributed by atoms with E-state index in [9.17, 15) is 4.79 Å². The molecule has 0 spiro atoms. The molecule has 2 heterocycles.